The van der Waals surface area contributed by atoms with Crippen molar-refractivity contribution in [3.63, 3.8) is 0 Å². The van der Waals surface area contributed by atoms with Gasteiger partial charge in [-0.15, -0.1) is 0 Å². The number of ether oxygens (including phenoxy) is 1. The molecule has 0 aromatic rings. The number of carboxylic acids is 1. The Hall–Kier alpha value is -1.30. The molecule has 6 heteroatoms. The Balaban J connectivity index is 2.13. The van der Waals surface area contributed by atoms with Crippen LogP contribution in [0.25, 0.3) is 0 Å². The van der Waals surface area contributed by atoms with Gasteiger partial charge in [-0.25, -0.2) is 9.59 Å². The molecule has 1 aliphatic rings. The molecule has 0 aromatic heterocycles. The van der Waals surface area contributed by atoms with E-state index in [0.717, 1.165) is 25.9 Å². The standard InChI is InChI=1S/C11H20N2O4/c1-2-9(10(14)15)13-11(16)12-6-5-8-4-3-7-17-8/h8-9H,2-7H2,1H3,(H,14,15)(H2,12,13,16)/t8?,9-/m0/s1. The summed E-state index contributed by atoms with van der Waals surface area (Å²) in [6, 6.07) is -1.25. The van der Waals surface area contributed by atoms with Gasteiger partial charge in [0.1, 0.15) is 6.04 Å². The summed E-state index contributed by atoms with van der Waals surface area (Å²) in [5, 5.41) is 13.8. The normalized spacial score (nSPS) is 20.9. The zero-order valence-corrected chi connectivity index (χ0v) is 10.1. The molecular formula is C11H20N2O4. The molecule has 1 rings (SSSR count). The summed E-state index contributed by atoms with van der Waals surface area (Å²) in [7, 11) is 0. The maximum atomic E-state index is 11.4. The molecule has 1 fully saturated rings. The van der Waals surface area contributed by atoms with Crippen LogP contribution in [-0.2, 0) is 9.53 Å². The fourth-order valence-electron chi connectivity index (χ4n) is 1.77. The molecule has 0 bridgehead atoms. The third-order valence-corrected chi connectivity index (χ3v) is 2.79. The number of rotatable bonds is 6. The van der Waals surface area contributed by atoms with E-state index < -0.39 is 18.0 Å². The smallest absolute Gasteiger partial charge is 0.326 e. The summed E-state index contributed by atoms with van der Waals surface area (Å²) in [4.78, 5) is 22.1. The minimum atomic E-state index is -1.01. The highest BCUT2D eigenvalue weighted by molar-refractivity contribution is 5.82. The number of hydrogen-bond donors (Lipinski definition) is 3. The van der Waals surface area contributed by atoms with Gasteiger partial charge >= 0.3 is 12.0 Å². The van der Waals surface area contributed by atoms with E-state index in [1.165, 1.54) is 0 Å². The van der Waals surface area contributed by atoms with Gasteiger partial charge in [0, 0.05) is 13.2 Å². The van der Waals surface area contributed by atoms with Crippen molar-refractivity contribution in [3.8, 4) is 0 Å². The van der Waals surface area contributed by atoms with E-state index in [2.05, 4.69) is 10.6 Å². The van der Waals surface area contributed by atoms with Crippen molar-refractivity contribution < 1.29 is 19.4 Å². The lowest BCUT2D eigenvalue weighted by atomic mass is 10.2. The van der Waals surface area contributed by atoms with Gasteiger partial charge in [-0.3, -0.25) is 0 Å². The number of amides is 2. The largest absolute Gasteiger partial charge is 0.480 e. The van der Waals surface area contributed by atoms with Gasteiger partial charge in [-0.2, -0.15) is 0 Å². The number of carbonyl (C=O) groups excluding carboxylic acids is 1. The van der Waals surface area contributed by atoms with Gasteiger partial charge in [0.2, 0.25) is 0 Å². The molecule has 1 heterocycles. The summed E-state index contributed by atoms with van der Waals surface area (Å²) in [5.74, 6) is -1.01. The monoisotopic (exact) mass is 244 g/mol. The molecule has 1 saturated heterocycles. The second-order valence-electron chi connectivity index (χ2n) is 4.12. The van der Waals surface area contributed by atoms with Crippen LogP contribution in [0.5, 0.6) is 0 Å². The summed E-state index contributed by atoms with van der Waals surface area (Å²) < 4.78 is 5.41. The van der Waals surface area contributed by atoms with Crippen molar-refractivity contribution in [2.75, 3.05) is 13.2 Å². The van der Waals surface area contributed by atoms with Crippen molar-refractivity contribution in [2.45, 2.75) is 44.8 Å². The van der Waals surface area contributed by atoms with Crippen molar-refractivity contribution in [1.29, 1.82) is 0 Å². The van der Waals surface area contributed by atoms with Gasteiger partial charge in [0.25, 0.3) is 0 Å². The zero-order valence-electron chi connectivity index (χ0n) is 10.1. The minimum Gasteiger partial charge on any atom is -0.480 e. The lowest BCUT2D eigenvalue weighted by molar-refractivity contribution is -0.139. The van der Waals surface area contributed by atoms with E-state index in [-0.39, 0.29) is 6.10 Å². The Kier molecular flexibility index (Phi) is 5.76. The van der Waals surface area contributed by atoms with E-state index in [1.807, 2.05) is 0 Å². The molecule has 1 unspecified atom stereocenters. The van der Waals surface area contributed by atoms with E-state index in [1.54, 1.807) is 6.92 Å². The number of hydrogen-bond acceptors (Lipinski definition) is 3. The van der Waals surface area contributed by atoms with Crippen LogP contribution in [0.15, 0.2) is 0 Å². The van der Waals surface area contributed by atoms with Crippen LogP contribution in [0.2, 0.25) is 0 Å². The Morgan fingerprint density at radius 2 is 2.29 bits per heavy atom. The van der Waals surface area contributed by atoms with Crippen LogP contribution in [0.3, 0.4) is 0 Å². The Morgan fingerprint density at radius 1 is 1.53 bits per heavy atom. The topological polar surface area (TPSA) is 87.7 Å². The first kappa shape index (κ1) is 13.8. The molecule has 0 saturated carbocycles. The molecular weight excluding hydrogens is 224 g/mol. The number of aliphatic carboxylic acids is 1. The molecule has 2 amide bonds. The summed E-state index contributed by atoms with van der Waals surface area (Å²) in [5.41, 5.74) is 0. The lowest BCUT2D eigenvalue weighted by Crippen LogP contribution is -2.46. The van der Waals surface area contributed by atoms with Crippen LogP contribution in [0, 0.1) is 0 Å². The van der Waals surface area contributed by atoms with Crippen molar-refractivity contribution >= 4 is 12.0 Å². The molecule has 98 valence electrons. The molecule has 17 heavy (non-hydrogen) atoms. The molecule has 0 spiro atoms. The average Bonchev–Trinajstić information content (AvgIpc) is 2.78. The first-order valence-electron chi connectivity index (χ1n) is 6.02. The Labute approximate surface area is 101 Å². The van der Waals surface area contributed by atoms with Crippen LogP contribution in [0.1, 0.15) is 32.6 Å². The number of urea groups is 1. The van der Waals surface area contributed by atoms with Crippen LogP contribution >= 0.6 is 0 Å². The van der Waals surface area contributed by atoms with Gasteiger partial charge in [0.05, 0.1) is 6.10 Å². The Bertz CT molecular complexity index is 264. The fraction of sp³-hybridized carbons (Fsp3) is 0.818. The maximum Gasteiger partial charge on any atom is 0.326 e. The summed E-state index contributed by atoms with van der Waals surface area (Å²) in [6.45, 7) is 3.02. The third kappa shape index (κ3) is 5.04. The number of carbonyl (C=O) groups is 2. The lowest BCUT2D eigenvalue weighted by Gasteiger charge is -2.14. The first-order chi connectivity index (χ1) is 8.13. The second-order valence-corrected chi connectivity index (χ2v) is 4.12. The Morgan fingerprint density at radius 3 is 2.82 bits per heavy atom. The highest BCUT2D eigenvalue weighted by atomic mass is 16.5. The number of nitrogens with one attached hydrogen (secondary N) is 2. The van der Waals surface area contributed by atoms with Gasteiger partial charge in [0.15, 0.2) is 0 Å². The molecule has 0 aliphatic carbocycles. The molecule has 1 aliphatic heterocycles. The van der Waals surface area contributed by atoms with Gasteiger partial charge < -0.3 is 20.5 Å². The molecule has 6 nitrogen and oxygen atoms in total. The van der Waals surface area contributed by atoms with Crippen molar-refractivity contribution in [1.82, 2.24) is 10.6 Å². The average molecular weight is 244 g/mol. The predicted octanol–water partition coefficient (Wildman–Crippen LogP) is 0.718. The SMILES string of the molecule is CC[C@H](NC(=O)NCCC1CCCO1)C(=O)O. The molecule has 3 N–H and O–H groups in total. The van der Waals surface area contributed by atoms with Gasteiger partial charge in [-0.1, -0.05) is 6.92 Å². The predicted molar refractivity (Wildman–Crippen MR) is 61.8 cm³/mol. The molecule has 2 atom stereocenters. The van der Waals surface area contributed by atoms with E-state index in [0.29, 0.717) is 13.0 Å². The van der Waals surface area contributed by atoms with E-state index >= 15 is 0 Å². The van der Waals surface area contributed by atoms with Gasteiger partial charge in [-0.05, 0) is 25.7 Å². The van der Waals surface area contributed by atoms with Crippen LogP contribution in [-0.4, -0.2) is 42.4 Å². The van der Waals surface area contributed by atoms with E-state index in [4.69, 9.17) is 9.84 Å². The zero-order chi connectivity index (χ0) is 12.7. The minimum absolute atomic E-state index is 0.233. The fourth-order valence-corrected chi connectivity index (χ4v) is 1.77. The quantitative estimate of drug-likeness (QED) is 0.642. The first-order valence-corrected chi connectivity index (χ1v) is 6.02. The second kappa shape index (κ2) is 7.11. The van der Waals surface area contributed by atoms with Crippen LogP contribution in [0.4, 0.5) is 4.79 Å². The van der Waals surface area contributed by atoms with Crippen molar-refractivity contribution in [3.05, 3.63) is 0 Å². The van der Waals surface area contributed by atoms with Crippen LogP contribution < -0.4 is 10.6 Å². The summed E-state index contributed by atoms with van der Waals surface area (Å²) in [6.07, 6.45) is 3.49. The molecule has 0 aromatic carbocycles. The number of carboxylic acid groups (broad SMARTS) is 1. The molecule has 0 radical (unpaired) electrons. The van der Waals surface area contributed by atoms with Crippen molar-refractivity contribution in [2.24, 2.45) is 0 Å². The summed E-state index contributed by atoms with van der Waals surface area (Å²) >= 11 is 0. The maximum absolute atomic E-state index is 11.4. The highest BCUT2D eigenvalue weighted by Gasteiger charge is 2.18. The third-order valence-electron chi connectivity index (χ3n) is 2.79. The van der Waals surface area contributed by atoms with E-state index in [9.17, 15) is 9.59 Å². The highest BCUT2D eigenvalue weighted by Crippen LogP contribution is 2.14.